The number of hydrogen-bond acceptors (Lipinski definition) is 5. The molecule has 3 aliphatic rings. The maximum Gasteiger partial charge on any atom is 0.325 e. The smallest absolute Gasteiger partial charge is 0.325 e. The predicted molar refractivity (Wildman–Crippen MR) is 95.0 cm³/mol. The van der Waals surface area contributed by atoms with Crippen molar-refractivity contribution in [1.29, 1.82) is 0 Å². The second-order valence-corrected chi connectivity index (χ2v) is 8.16. The molecule has 2 saturated heterocycles. The van der Waals surface area contributed by atoms with Crippen molar-refractivity contribution in [1.82, 2.24) is 19.8 Å². The maximum atomic E-state index is 12.2. The van der Waals surface area contributed by atoms with E-state index in [1.54, 1.807) is 0 Å². The molecule has 0 spiro atoms. The normalized spacial score (nSPS) is 30.5. The average Bonchev–Trinajstić information content (AvgIpc) is 3.09. The van der Waals surface area contributed by atoms with Gasteiger partial charge in [0.1, 0.15) is 0 Å². The zero-order valence-corrected chi connectivity index (χ0v) is 14.9. The van der Waals surface area contributed by atoms with Crippen LogP contribution >= 0.6 is 0 Å². The number of carbonyl (C=O) groups is 1. The second kappa shape index (κ2) is 6.66. The van der Waals surface area contributed by atoms with Gasteiger partial charge in [-0.1, -0.05) is 19.3 Å². The summed E-state index contributed by atoms with van der Waals surface area (Å²) in [6, 6.07) is 1.90. The Morgan fingerprint density at radius 1 is 1.15 bits per heavy atom. The lowest BCUT2D eigenvalue weighted by molar-refractivity contribution is -0.149. The van der Waals surface area contributed by atoms with E-state index in [1.807, 2.05) is 0 Å². The van der Waals surface area contributed by atoms with Crippen LogP contribution in [-0.2, 0) is 11.3 Å². The van der Waals surface area contributed by atoms with E-state index in [2.05, 4.69) is 19.8 Å². The highest BCUT2D eigenvalue weighted by molar-refractivity contribution is 5.77. The highest BCUT2D eigenvalue weighted by Crippen LogP contribution is 2.45. The molecule has 4 rings (SSSR count). The molecule has 3 heterocycles. The van der Waals surface area contributed by atoms with Gasteiger partial charge < -0.3 is 10.1 Å². The van der Waals surface area contributed by atoms with E-state index in [4.69, 9.17) is 0 Å². The van der Waals surface area contributed by atoms with Crippen LogP contribution in [0, 0.1) is 11.3 Å². The Morgan fingerprint density at radius 3 is 2.58 bits per heavy atom. The molecule has 1 aromatic rings. The fourth-order valence-corrected chi connectivity index (χ4v) is 5.20. The minimum absolute atomic E-state index is 0.0932. The third-order valence-electron chi connectivity index (χ3n) is 6.43. The van der Waals surface area contributed by atoms with Gasteiger partial charge in [-0.15, -0.1) is 0 Å². The van der Waals surface area contributed by atoms with Crippen molar-refractivity contribution in [3.8, 4) is 0 Å². The molecule has 2 aliphatic heterocycles. The number of likely N-dealkylation sites (tertiary alicyclic amines) is 2. The fraction of sp³-hybridized carbons (Fsp3) is 0.722. The van der Waals surface area contributed by atoms with Gasteiger partial charge in [-0.05, 0) is 12.8 Å². The van der Waals surface area contributed by atoms with E-state index in [0.29, 0.717) is 37.9 Å². The number of fused-ring (bicyclic) bond motifs is 1. The number of nitrogens with zero attached hydrogens (tertiary/aromatic N) is 2. The van der Waals surface area contributed by atoms with E-state index in [0.717, 1.165) is 6.54 Å². The molecule has 3 N–H and O–H groups in total. The van der Waals surface area contributed by atoms with Gasteiger partial charge in [0.25, 0.3) is 5.56 Å². The van der Waals surface area contributed by atoms with Crippen LogP contribution in [0.25, 0.3) is 0 Å². The molecule has 0 bridgehead atoms. The quantitative estimate of drug-likeness (QED) is 0.707. The van der Waals surface area contributed by atoms with Crippen molar-refractivity contribution < 1.29 is 9.90 Å². The summed E-state index contributed by atoms with van der Waals surface area (Å²) in [5, 5.41) is 10.00. The number of rotatable bonds is 4. The van der Waals surface area contributed by atoms with Crippen molar-refractivity contribution in [3.05, 3.63) is 32.6 Å². The zero-order valence-electron chi connectivity index (χ0n) is 14.9. The number of aromatic nitrogens is 2. The number of hydrogen-bond donors (Lipinski definition) is 3. The Balaban J connectivity index is 1.48. The summed E-state index contributed by atoms with van der Waals surface area (Å²) in [5.74, 6) is -0.627. The van der Waals surface area contributed by atoms with Crippen LogP contribution in [0.5, 0.6) is 0 Å². The summed E-state index contributed by atoms with van der Waals surface area (Å²) in [7, 11) is 0. The van der Waals surface area contributed by atoms with Crippen molar-refractivity contribution in [2.75, 3.05) is 26.2 Å². The number of nitrogens with one attached hydrogen (secondary N) is 2. The van der Waals surface area contributed by atoms with Gasteiger partial charge >= 0.3 is 11.7 Å². The minimum atomic E-state index is -0.737. The van der Waals surface area contributed by atoms with Crippen LogP contribution in [0.4, 0.5) is 0 Å². The topological polar surface area (TPSA) is 109 Å². The first-order chi connectivity index (χ1) is 12.5. The predicted octanol–water partition coefficient (Wildman–Crippen LogP) is 0.214. The van der Waals surface area contributed by atoms with E-state index >= 15 is 0 Å². The first kappa shape index (κ1) is 17.5. The highest BCUT2D eigenvalue weighted by atomic mass is 16.4. The van der Waals surface area contributed by atoms with Gasteiger partial charge in [-0.2, -0.15) is 0 Å². The van der Waals surface area contributed by atoms with E-state index in [-0.39, 0.29) is 5.92 Å². The molecule has 3 fully saturated rings. The Labute approximate surface area is 151 Å². The summed E-state index contributed by atoms with van der Waals surface area (Å²) in [6.45, 7) is 2.99. The largest absolute Gasteiger partial charge is 0.481 e. The van der Waals surface area contributed by atoms with Gasteiger partial charge in [-0.25, -0.2) is 4.79 Å². The van der Waals surface area contributed by atoms with E-state index in [1.165, 1.54) is 38.2 Å². The Morgan fingerprint density at radius 2 is 1.92 bits per heavy atom. The van der Waals surface area contributed by atoms with E-state index < -0.39 is 22.6 Å². The third kappa shape index (κ3) is 3.12. The molecule has 0 amide bonds. The Hall–Kier alpha value is -1.93. The van der Waals surface area contributed by atoms with Gasteiger partial charge in [0.15, 0.2) is 0 Å². The molecule has 1 unspecified atom stereocenters. The molecule has 8 heteroatoms. The van der Waals surface area contributed by atoms with Crippen molar-refractivity contribution in [2.24, 2.45) is 11.3 Å². The molecular weight excluding hydrogens is 336 g/mol. The lowest BCUT2D eigenvalue weighted by Crippen LogP contribution is -2.43. The molecule has 0 aromatic carbocycles. The molecule has 1 aromatic heterocycles. The monoisotopic (exact) mass is 362 g/mol. The maximum absolute atomic E-state index is 12.2. The lowest BCUT2D eigenvalue weighted by Gasteiger charge is -2.33. The van der Waals surface area contributed by atoms with Crippen molar-refractivity contribution in [3.63, 3.8) is 0 Å². The van der Waals surface area contributed by atoms with Crippen LogP contribution in [0.2, 0.25) is 0 Å². The zero-order chi connectivity index (χ0) is 18.3. The second-order valence-electron chi connectivity index (χ2n) is 8.16. The fourth-order valence-electron chi connectivity index (χ4n) is 5.20. The van der Waals surface area contributed by atoms with Gasteiger partial charge in [-0.3, -0.25) is 24.4 Å². The number of carboxylic acids is 1. The first-order valence-corrected chi connectivity index (χ1v) is 9.48. The van der Waals surface area contributed by atoms with Gasteiger partial charge in [0.05, 0.1) is 5.41 Å². The van der Waals surface area contributed by atoms with Crippen molar-refractivity contribution in [2.45, 2.75) is 44.7 Å². The molecule has 26 heavy (non-hydrogen) atoms. The SMILES string of the molecule is O=C(O)[C@]12CN(Cc3cc(=O)[nH]c(=O)[nH]3)CC1CN(C1CCCCC1)C2. The molecule has 8 nitrogen and oxygen atoms in total. The molecular formula is C18H26N4O4. The number of H-pyrrole nitrogens is 2. The first-order valence-electron chi connectivity index (χ1n) is 9.48. The summed E-state index contributed by atoms with van der Waals surface area (Å²) < 4.78 is 0. The number of carboxylic acid groups (broad SMARTS) is 1. The number of aliphatic carboxylic acids is 1. The van der Waals surface area contributed by atoms with Crippen LogP contribution in [-0.4, -0.2) is 63.1 Å². The summed E-state index contributed by atoms with van der Waals surface area (Å²) in [6.07, 6.45) is 6.14. The molecule has 0 radical (unpaired) electrons. The summed E-state index contributed by atoms with van der Waals surface area (Å²) in [4.78, 5) is 44.3. The Kier molecular flexibility index (Phi) is 4.48. The molecule has 142 valence electrons. The molecule has 2 atom stereocenters. The highest BCUT2D eigenvalue weighted by Gasteiger charge is 2.58. The molecule has 1 aliphatic carbocycles. The van der Waals surface area contributed by atoms with Crippen LogP contribution in [0.3, 0.4) is 0 Å². The summed E-state index contributed by atoms with van der Waals surface area (Å²) in [5.41, 5.74) is -1.16. The standard InChI is InChI=1S/C18H26N4O4/c23-15-6-13(19-17(26)20-15)9-21-7-12-8-22(14-4-2-1-3-5-14)11-18(12,10-21)16(24)25/h6,12,14H,1-5,7-11H2,(H,24,25)(H2,19,20,23,26)/t12?,18-/m0/s1. The van der Waals surface area contributed by atoms with Crippen LogP contribution < -0.4 is 11.2 Å². The average molecular weight is 362 g/mol. The Bertz CT molecular complexity index is 769. The van der Waals surface area contributed by atoms with Gasteiger partial charge in [0.2, 0.25) is 0 Å². The minimum Gasteiger partial charge on any atom is -0.481 e. The summed E-state index contributed by atoms with van der Waals surface area (Å²) >= 11 is 0. The van der Waals surface area contributed by atoms with Crippen LogP contribution in [0.1, 0.15) is 37.8 Å². The molecule has 1 saturated carbocycles. The van der Waals surface area contributed by atoms with Crippen LogP contribution in [0.15, 0.2) is 15.7 Å². The third-order valence-corrected chi connectivity index (χ3v) is 6.43. The lowest BCUT2D eigenvalue weighted by atomic mass is 9.81. The van der Waals surface area contributed by atoms with Crippen molar-refractivity contribution >= 4 is 5.97 Å². The number of aromatic amines is 2. The van der Waals surface area contributed by atoms with Gasteiger partial charge in [0, 0.05) is 56.4 Å². The van der Waals surface area contributed by atoms with E-state index in [9.17, 15) is 19.5 Å².